The van der Waals surface area contributed by atoms with Crippen LogP contribution in [-0.4, -0.2) is 18.2 Å². The van der Waals surface area contributed by atoms with E-state index in [4.69, 9.17) is 11.5 Å². The van der Waals surface area contributed by atoms with Gasteiger partial charge < -0.3 is 16.3 Å². The average molecular weight is 270 g/mol. The third-order valence-electron chi connectivity index (χ3n) is 3.63. The molecule has 4 nitrogen and oxygen atoms in total. The van der Waals surface area contributed by atoms with Crippen molar-refractivity contribution in [2.45, 2.75) is 76.8 Å². The lowest BCUT2D eigenvalue weighted by atomic mass is 9.91. The predicted octanol–water partition coefficient (Wildman–Crippen LogP) is 2.53. The van der Waals surface area contributed by atoms with Crippen molar-refractivity contribution in [2.24, 2.45) is 17.4 Å². The number of carbonyl (C=O) groups is 2. The summed E-state index contributed by atoms with van der Waals surface area (Å²) in [7, 11) is 0. The van der Waals surface area contributed by atoms with E-state index in [0.29, 0.717) is 19.0 Å². The van der Waals surface area contributed by atoms with Gasteiger partial charge >= 0.3 is 0 Å². The Morgan fingerprint density at radius 2 is 1.37 bits per heavy atom. The molecule has 19 heavy (non-hydrogen) atoms. The topological polar surface area (TPSA) is 86.2 Å². The molecule has 0 spiro atoms. The monoisotopic (exact) mass is 270 g/mol. The first-order valence-electron chi connectivity index (χ1n) is 7.57. The second kappa shape index (κ2) is 11.1. The summed E-state index contributed by atoms with van der Waals surface area (Å²) in [5.41, 5.74) is 9.62. The van der Waals surface area contributed by atoms with Crippen LogP contribution in [0.25, 0.3) is 0 Å². The summed E-state index contributed by atoms with van der Waals surface area (Å²) in [6.45, 7) is 2.22. The Hall–Kier alpha value is -0.740. The van der Waals surface area contributed by atoms with Gasteiger partial charge in [0.05, 0.1) is 5.92 Å². The largest absolute Gasteiger partial charge is 0.307 e. The molecule has 0 aliphatic rings. The minimum absolute atomic E-state index is 0.472. The van der Waals surface area contributed by atoms with Gasteiger partial charge in [0, 0.05) is 0 Å². The molecule has 0 heterocycles. The lowest BCUT2D eigenvalue weighted by Gasteiger charge is -2.23. The molecule has 4 N–H and O–H groups in total. The molecule has 1 atom stereocenters. The second-order valence-electron chi connectivity index (χ2n) is 5.48. The summed E-state index contributed by atoms with van der Waals surface area (Å²) in [4.78, 5) is 21.5. The van der Waals surface area contributed by atoms with Gasteiger partial charge in [-0.3, -0.25) is 4.79 Å². The molecule has 0 bridgehead atoms. The van der Waals surface area contributed by atoms with E-state index in [0.717, 1.165) is 12.8 Å². The van der Waals surface area contributed by atoms with Crippen LogP contribution in [0.4, 0.5) is 0 Å². The van der Waals surface area contributed by atoms with Gasteiger partial charge in [-0.2, -0.15) is 0 Å². The van der Waals surface area contributed by atoms with E-state index in [2.05, 4.69) is 6.92 Å². The fourth-order valence-corrected chi connectivity index (χ4v) is 2.20. The van der Waals surface area contributed by atoms with Gasteiger partial charge in [0.25, 0.3) is 0 Å². The van der Waals surface area contributed by atoms with E-state index >= 15 is 0 Å². The highest BCUT2D eigenvalue weighted by Crippen LogP contribution is 2.16. The van der Waals surface area contributed by atoms with Crippen molar-refractivity contribution in [1.82, 2.24) is 0 Å². The highest BCUT2D eigenvalue weighted by molar-refractivity contribution is 5.71. The quantitative estimate of drug-likeness (QED) is 0.306. The average Bonchev–Trinajstić information content (AvgIpc) is 2.41. The van der Waals surface area contributed by atoms with Gasteiger partial charge in [-0.1, -0.05) is 64.7 Å². The Morgan fingerprint density at radius 3 is 1.79 bits per heavy atom. The fourth-order valence-electron chi connectivity index (χ4n) is 2.20. The maximum atomic E-state index is 10.9. The van der Waals surface area contributed by atoms with Crippen LogP contribution in [0.2, 0.25) is 0 Å². The molecule has 0 rings (SSSR count). The van der Waals surface area contributed by atoms with E-state index in [1.165, 1.54) is 44.9 Å². The molecule has 112 valence electrons. The Morgan fingerprint density at radius 1 is 0.895 bits per heavy atom. The predicted molar refractivity (Wildman–Crippen MR) is 78.6 cm³/mol. The maximum absolute atomic E-state index is 10.9. The van der Waals surface area contributed by atoms with Gasteiger partial charge in [-0.15, -0.1) is 0 Å². The molecule has 0 aromatic heterocycles. The third-order valence-corrected chi connectivity index (χ3v) is 3.63. The van der Waals surface area contributed by atoms with Crippen LogP contribution in [-0.2, 0) is 9.59 Å². The van der Waals surface area contributed by atoms with E-state index in [1.54, 1.807) is 0 Å². The molecule has 0 radical (unpaired) electrons. The third kappa shape index (κ3) is 8.89. The van der Waals surface area contributed by atoms with Crippen LogP contribution in [0.3, 0.4) is 0 Å². The van der Waals surface area contributed by atoms with Crippen molar-refractivity contribution >= 4 is 12.6 Å². The Kier molecular flexibility index (Phi) is 10.7. The van der Waals surface area contributed by atoms with Gasteiger partial charge in [0.15, 0.2) is 6.29 Å². The molecule has 0 saturated carbocycles. The smallest absolute Gasteiger partial charge is 0.154 e. The van der Waals surface area contributed by atoms with E-state index in [9.17, 15) is 9.59 Å². The SMILES string of the molecule is CCCCCCCCCCCC(C=O)C(N)(N)C=O. The van der Waals surface area contributed by atoms with Crippen LogP contribution in [0.15, 0.2) is 0 Å². The molecule has 0 aromatic carbocycles. The first-order chi connectivity index (χ1) is 9.08. The number of aldehydes is 2. The number of carbonyl (C=O) groups excluding carboxylic acids is 2. The zero-order valence-corrected chi connectivity index (χ0v) is 12.3. The first-order valence-corrected chi connectivity index (χ1v) is 7.57. The first kappa shape index (κ1) is 18.3. The van der Waals surface area contributed by atoms with Crippen LogP contribution in [0.1, 0.15) is 71.1 Å². The Balaban J connectivity index is 3.52. The molecule has 0 aliphatic heterocycles. The molecule has 0 saturated heterocycles. The molecule has 0 amide bonds. The zero-order valence-electron chi connectivity index (χ0n) is 12.3. The van der Waals surface area contributed by atoms with Crippen LogP contribution in [0, 0.1) is 5.92 Å². The Labute approximate surface area is 117 Å². The summed E-state index contributed by atoms with van der Waals surface area (Å²) >= 11 is 0. The van der Waals surface area contributed by atoms with Crippen LogP contribution < -0.4 is 11.5 Å². The van der Waals surface area contributed by atoms with Gasteiger partial charge in [-0.05, 0) is 6.42 Å². The molecular weight excluding hydrogens is 240 g/mol. The van der Waals surface area contributed by atoms with Crippen molar-refractivity contribution in [3.05, 3.63) is 0 Å². The molecule has 0 aliphatic carbocycles. The van der Waals surface area contributed by atoms with Crippen molar-refractivity contribution in [3.63, 3.8) is 0 Å². The minimum atomic E-state index is -1.50. The number of hydrogen-bond donors (Lipinski definition) is 2. The normalized spacial score (nSPS) is 13.2. The molecule has 0 fully saturated rings. The van der Waals surface area contributed by atoms with Crippen molar-refractivity contribution in [2.75, 3.05) is 0 Å². The standard InChI is InChI=1S/C15H30N2O2/c1-2-3-4-5-6-7-8-9-10-11-14(12-18)15(16,17)13-19/h12-14H,2-11,16-17H2,1H3. The summed E-state index contributed by atoms with van der Waals surface area (Å²) in [6.07, 6.45) is 12.8. The summed E-state index contributed by atoms with van der Waals surface area (Å²) in [6, 6.07) is 0. The minimum Gasteiger partial charge on any atom is -0.307 e. The second-order valence-corrected chi connectivity index (χ2v) is 5.48. The summed E-state index contributed by atoms with van der Waals surface area (Å²) in [5, 5.41) is 0. The lowest BCUT2D eigenvalue weighted by molar-refractivity contribution is -0.120. The van der Waals surface area contributed by atoms with Gasteiger partial charge in [-0.25, -0.2) is 0 Å². The zero-order chi connectivity index (χ0) is 14.6. The summed E-state index contributed by atoms with van der Waals surface area (Å²) < 4.78 is 0. The van der Waals surface area contributed by atoms with Gasteiger partial charge in [0.1, 0.15) is 11.9 Å². The molecule has 1 unspecified atom stereocenters. The number of nitrogens with two attached hydrogens (primary N) is 2. The van der Waals surface area contributed by atoms with E-state index in [-0.39, 0.29) is 0 Å². The highest BCUT2D eigenvalue weighted by Gasteiger charge is 2.29. The highest BCUT2D eigenvalue weighted by atomic mass is 16.1. The fraction of sp³-hybridized carbons (Fsp3) is 0.867. The molecule has 0 aromatic rings. The number of hydrogen-bond acceptors (Lipinski definition) is 4. The van der Waals surface area contributed by atoms with Crippen molar-refractivity contribution in [3.8, 4) is 0 Å². The molecular formula is C15H30N2O2. The van der Waals surface area contributed by atoms with E-state index < -0.39 is 11.6 Å². The van der Waals surface area contributed by atoms with Crippen molar-refractivity contribution < 1.29 is 9.59 Å². The molecule has 4 heteroatoms. The van der Waals surface area contributed by atoms with Crippen LogP contribution >= 0.6 is 0 Å². The van der Waals surface area contributed by atoms with Crippen LogP contribution in [0.5, 0.6) is 0 Å². The van der Waals surface area contributed by atoms with E-state index in [1.807, 2.05) is 0 Å². The number of unbranched alkanes of at least 4 members (excludes halogenated alkanes) is 8. The number of rotatable bonds is 13. The lowest BCUT2D eigenvalue weighted by Crippen LogP contribution is -2.57. The summed E-state index contributed by atoms with van der Waals surface area (Å²) in [5.74, 6) is -0.561. The Bertz CT molecular complexity index is 242. The maximum Gasteiger partial charge on any atom is 0.154 e. The van der Waals surface area contributed by atoms with Crippen molar-refractivity contribution in [1.29, 1.82) is 0 Å². The van der Waals surface area contributed by atoms with Gasteiger partial charge in [0.2, 0.25) is 0 Å².